The first-order valence-electron chi connectivity index (χ1n) is 15.1. The fourth-order valence-electron chi connectivity index (χ4n) is 4.94. The Labute approximate surface area is 252 Å². The number of aldehydes is 1. The van der Waals surface area contributed by atoms with E-state index in [0.717, 1.165) is 60.9 Å². The monoisotopic (exact) mass is 582 g/mol. The molecule has 0 saturated carbocycles. The zero-order valence-corrected chi connectivity index (χ0v) is 25.8. The number of benzene rings is 2. The molecule has 3 N–H and O–H groups in total. The molecule has 0 spiro atoms. The second-order valence-corrected chi connectivity index (χ2v) is 9.68. The van der Waals surface area contributed by atoms with Gasteiger partial charge in [0.15, 0.2) is 11.5 Å². The molecular weight excluding hydrogens is 532 g/mol. The van der Waals surface area contributed by atoms with E-state index in [-0.39, 0.29) is 0 Å². The van der Waals surface area contributed by atoms with Crippen LogP contribution in [0.2, 0.25) is 0 Å². The summed E-state index contributed by atoms with van der Waals surface area (Å²) >= 11 is 0. The molecule has 0 bridgehead atoms. The summed E-state index contributed by atoms with van der Waals surface area (Å²) < 4.78 is 21.4. The van der Waals surface area contributed by atoms with Crippen LogP contribution in [-0.4, -0.2) is 69.9 Å². The van der Waals surface area contributed by atoms with Gasteiger partial charge in [0.25, 0.3) is 0 Å². The molecule has 5 rings (SSSR count). The molecule has 1 aliphatic carbocycles. The average molecular weight is 583 g/mol. The van der Waals surface area contributed by atoms with Gasteiger partial charge in [0.05, 0.1) is 19.8 Å². The first-order valence-corrected chi connectivity index (χ1v) is 15.1. The Morgan fingerprint density at radius 1 is 1.07 bits per heavy atom. The highest BCUT2D eigenvalue weighted by Gasteiger charge is 2.26. The number of nitrogens with two attached hydrogens (primary N) is 1. The Hall–Kier alpha value is -3.33. The van der Waals surface area contributed by atoms with Gasteiger partial charge in [-0.2, -0.15) is 0 Å². The Kier molecular flexibility index (Phi) is 17.0. The predicted octanol–water partition coefficient (Wildman–Crippen LogP) is 5.74. The maximum absolute atomic E-state index is 10.6. The molecule has 2 atom stereocenters. The minimum Gasteiger partial charge on any atom is -0.497 e. The maximum atomic E-state index is 10.6. The van der Waals surface area contributed by atoms with Crippen LogP contribution in [0.25, 0.3) is 0 Å². The molecule has 0 radical (unpaired) electrons. The molecule has 1 fully saturated rings. The molecule has 2 aromatic carbocycles. The van der Waals surface area contributed by atoms with Crippen LogP contribution in [0, 0.1) is 5.92 Å². The summed E-state index contributed by atoms with van der Waals surface area (Å²) in [6.07, 6.45) is 12.0. The van der Waals surface area contributed by atoms with Crippen molar-refractivity contribution in [3.8, 4) is 23.0 Å². The summed E-state index contributed by atoms with van der Waals surface area (Å²) in [5, 5.41) is 10.6. The molecule has 2 aliphatic heterocycles. The lowest BCUT2D eigenvalue weighted by molar-refractivity contribution is -0.108. The quantitative estimate of drug-likeness (QED) is 0.270. The standard InChI is InChI=1S/C21H27NO3.C10H12O3.C2H6.CH5N/c23-19(17-6-7-20-21(14-17)25-13-12-24-20)9-11-22-10-8-18(15-22)16-4-2-1-3-5-16;1-12-9-3-5-10(6-4-9)13-8-2-7-11;2*1-2/h1-2,4,6-7,14,18-19,23H,3,5,8-13,15H2;3-7H,2,8H2,1H3;1-2H3;2H2,1H3. The zero-order chi connectivity index (χ0) is 30.6. The molecule has 8 heteroatoms. The van der Waals surface area contributed by atoms with Crippen molar-refractivity contribution in [2.75, 3.05) is 53.6 Å². The third-order valence-corrected chi connectivity index (χ3v) is 7.08. The van der Waals surface area contributed by atoms with Gasteiger partial charge in [0.1, 0.15) is 31.0 Å². The largest absolute Gasteiger partial charge is 0.497 e. The number of carbonyl (C=O) groups is 1. The fraction of sp³-hybridized carbons (Fsp3) is 0.500. The molecule has 2 heterocycles. The van der Waals surface area contributed by atoms with Crippen LogP contribution in [0.3, 0.4) is 0 Å². The normalized spacial score (nSPS) is 17.6. The molecule has 232 valence electrons. The maximum Gasteiger partial charge on any atom is 0.161 e. The second-order valence-electron chi connectivity index (χ2n) is 9.68. The van der Waals surface area contributed by atoms with Crippen LogP contribution in [-0.2, 0) is 4.79 Å². The minimum absolute atomic E-state index is 0.423. The minimum atomic E-state index is -0.452. The molecule has 0 amide bonds. The summed E-state index contributed by atoms with van der Waals surface area (Å²) in [7, 11) is 3.11. The molecule has 2 unspecified atom stereocenters. The number of aliphatic hydroxyl groups excluding tert-OH is 1. The van der Waals surface area contributed by atoms with E-state index in [2.05, 4.69) is 28.9 Å². The molecule has 1 saturated heterocycles. The smallest absolute Gasteiger partial charge is 0.161 e. The summed E-state index contributed by atoms with van der Waals surface area (Å²) in [6, 6.07) is 13.0. The van der Waals surface area contributed by atoms with Crippen LogP contribution in [0.15, 0.2) is 66.3 Å². The van der Waals surface area contributed by atoms with Crippen molar-refractivity contribution in [1.82, 2.24) is 4.90 Å². The number of ether oxygens (including phenoxy) is 4. The second kappa shape index (κ2) is 20.5. The molecule has 42 heavy (non-hydrogen) atoms. The van der Waals surface area contributed by atoms with Gasteiger partial charge in [-0.3, -0.25) is 0 Å². The summed E-state index contributed by atoms with van der Waals surface area (Å²) in [5.41, 5.74) is 7.03. The van der Waals surface area contributed by atoms with E-state index in [4.69, 9.17) is 18.9 Å². The van der Waals surface area contributed by atoms with E-state index in [1.165, 1.54) is 26.3 Å². The van der Waals surface area contributed by atoms with Crippen molar-refractivity contribution >= 4 is 6.29 Å². The third kappa shape index (κ3) is 11.5. The van der Waals surface area contributed by atoms with Gasteiger partial charge < -0.3 is 39.5 Å². The van der Waals surface area contributed by atoms with Crippen LogP contribution >= 0.6 is 0 Å². The Balaban J connectivity index is 0.000000307. The van der Waals surface area contributed by atoms with Crippen molar-refractivity contribution < 1.29 is 28.8 Å². The average Bonchev–Trinajstić information content (AvgIpc) is 3.56. The van der Waals surface area contributed by atoms with Gasteiger partial charge in [-0.1, -0.05) is 43.7 Å². The van der Waals surface area contributed by atoms with Crippen LogP contribution in [0.5, 0.6) is 23.0 Å². The van der Waals surface area contributed by atoms with Gasteiger partial charge >= 0.3 is 0 Å². The summed E-state index contributed by atoms with van der Waals surface area (Å²) in [6.45, 7) is 8.81. The van der Waals surface area contributed by atoms with Crippen molar-refractivity contribution in [3.63, 3.8) is 0 Å². The van der Waals surface area contributed by atoms with Crippen molar-refractivity contribution in [2.45, 2.75) is 52.1 Å². The van der Waals surface area contributed by atoms with Crippen LogP contribution < -0.4 is 24.7 Å². The van der Waals surface area contributed by atoms with E-state index in [0.29, 0.717) is 32.2 Å². The number of rotatable bonds is 10. The summed E-state index contributed by atoms with van der Waals surface area (Å²) in [4.78, 5) is 12.5. The number of fused-ring (bicyclic) bond motifs is 1. The lowest BCUT2D eigenvalue weighted by atomic mass is 9.91. The number of methoxy groups -OCH3 is 1. The van der Waals surface area contributed by atoms with Crippen molar-refractivity contribution in [3.05, 3.63) is 71.8 Å². The van der Waals surface area contributed by atoms with E-state index in [1.54, 1.807) is 12.7 Å². The van der Waals surface area contributed by atoms with E-state index in [1.807, 2.05) is 56.3 Å². The SMILES string of the molecule is CC.CN.COc1ccc(OCCC=O)cc1.OC(CCN1CCC(C2=CC=CCC2)C1)c1ccc2c(c1)OCCO2. The van der Waals surface area contributed by atoms with Crippen LogP contribution in [0.4, 0.5) is 0 Å². The number of hydrogen-bond donors (Lipinski definition) is 2. The van der Waals surface area contributed by atoms with E-state index >= 15 is 0 Å². The molecule has 2 aromatic rings. The molecule has 3 aliphatic rings. The molecule has 8 nitrogen and oxygen atoms in total. The molecule has 0 aromatic heterocycles. The fourth-order valence-corrected chi connectivity index (χ4v) is 4.94. The van der Waals surface area contributed by atoms with Crippen LogP contribution in [0.1, 0.15) is 57.6 Å². The zero-order valence-electron chi connectivity index (χ0n) is 25.8. The first kappa shape index (κ1) is 34.9. The summed E-state index contributed by atoms with van der Waals surface area (Å²) in [5.74, 6) is 3.78. The van der Waals surface area contributed by atoms with Gasteiger partial charge in [-0.05, 0) is 87.2 Å². The van der Waals surface area contributed by atoms with Gasteiger partial charge in [0.2, 0.25) is 0 Å². The number of hydrogen-bond acceptors (Lipinski definition) is 8. The Morgan fingerprint density at radius 3 is 2.45 bits per heavy atom. The number of likely N-dealkylation sites (tertiary alicyclic amines) is 1. The Bertz CT molecular complexity index is 1090. The van der Waals surface area contributed by atoms with Crippen molar-refractivity contribution in [2.24, 2.45) is 11.7 Å². The highest BCUT2D eigenvalue weighted by Crippen LogP contribution is 2.34. The van der Waals surface area contributed by atoms with E-state index in [9.17, 15) is 9.90 Å². The lowest BCUT2D eigenvalue weighted by Crippen LogP contribution is -2.24. The van der Waals surface area contributed by atoms with E-state index < -0.39 is 6.10 Å². The highest BCUT2D eigenvalue weighted by molar-refractivity contribution is 5.49. The third-order valence-electron chi connectivity index (χ3n) is 7.08. The molecular formula is C34H50N2O6. The van der Waals surface area contributed by atoms with Gasteiger partial charge in [0, 0.05) is 19.5 Å². The topological polar surface area (TPSA) is 103 Å². The number of nitrogens with zero attached hydrogens (tertiary/aromatic N) is 1. The lowest BCUT2D eigenvalue weighted by Gasteiger charge is -2.22. The van der Waals surface area contributed by atoms with Gasteiger partial charge in [-0.15, -0.1) is 0 Å². The number of aliphatic hydroxyl groups is 1. The predicted molar refractivity (Wildman–Crippen MR) is 169 cm³/mol. The number of allylic oxidation sites excluding steroid dienone is 3. The Morgan fingerprint density at radius 2 is 1.79 bits per heavy atom. The van der Waals surface area contributed by atoms with Gasteiger partial charge in [-0.25, -0.2) is 0 Å². The highest BCUT2D eigenvalue weighted by atomic mass is 16.6. The first-order chi connectivity index (χ1) is 20.7. The number of carbonyl (C=O) groups excluding carboxylic acids is 1. The van der Waals surface area contributed by atoms with Crippen molar-refractivity contribution in [1.29, 1.82) is 0 Å².